The number of hydrogen-bond acceptors (Lipinski definition) is 45. The van der Waals surface area contributed by atoms with E-state index in [4.69, 9.17) is 80.0 Å². The molecule has 30 fully saturated rings. The summed E-state index contributed by atoms with van der Waals surface area (Å²) in [5, 5.41) is 259. The first-order chi connectivity index (χ1) is 50.7. The van der Waals surface area contributed by atoms with Crippen molar-refractivity contribution in [1.82, 2.24) is 0 Å². The van der Waals surface area contributed by atoms with Crippen molar-refractivity contribution in [2.45, 2.75) is 255 Å². The van der Waals surface area contributed by atoms with Crippen LogP contribution < -0.4 is 29.6 Å². The molecule has 0 aliphatic carbocycles. The SMILES string of the molecule is O=S(=O)([O-])c1ccc(-c2ccc(S(=O)(=O)OC[C@H]3O[C@@H]4O[C@H]5[C@H](O)[C@@H](O)[C@@H](O[C@H]6[C@H](O)[C@@H](O)[C@@H](O[C@H]7[C@H](O)[C@@H](O)[C@@H](O[C@H]8[C@H](O)[C@@H](O)[C@@H](O[C@H]9[C@H](O)[C@@H](O)[C@@H](O[C@H]%10[C@H](O)[C@@H](O)[C@@H](O[C@H]%11[C@H](O)[C@@H](O)[C@@H](O[C@H]3[C@H](O)[C@H]4O)O[C@@H]%11CO)O[C@@H]%10CO)O[C@@H]9CO)O[C@@H]8CO)O[C@@H]7CO)O[C@@H]6CO)O[C@@H]5CO)cc2)cc1.[Na+]. The molecule has 30 aliphatic heterocycles. The predicted octanol–water partition coefficient (Wildman–Crippen LogP) is -18.4. The molecule has 0 unspecified atom stereocenters. The molecule has 23 N–H and O–H groups in total. The molecular weight excluding hydrogens is 1530 g/mol. The fourth-order valence-electron chi connectivity index (χ4n) is 13.7. The molecule has 0 spiro atoms. The molecule has 2 aromatic carbocycles. The molecule has 32 rings (SSSR count). The van der Waals surface area contributed by atoms with Crippen molar-refractivity contribution in [3.8, 4) is 11.1 Å². The van der Waals surface area contributed by atoms with Crippen LogP contribution in [0.5, 0.6) is 0 Å². The van der Waals surface area contributed by atoms with Gasteiger partial charge in [-0.05, 0) is 35.4 Å². The summed E-state index contributed by atoms with van der Waals surface area (Å²) >= 11 is 0. The van der Waals surface area contributed by atoms with Crippen molar-refractivity contribution in [1.29, 1.82) is 0 Å². The summed E-state index contributed by atoms with van der Waals surface area (Å²) in [7, 11) is -9.82. The van der Waals surface area contributed by atoms with Crippen molar-refractivity contribution in [2.24, 2.45) is 0 Å². The zero-order valence-corrected chi connectivity index (χ0v) is 60.1. The monoisotopic (exact) mass is 1610 g/mol. The van der Waals surface area contributed by atoms with Crippen molar-refractivity contribution >= 4 is 20.2 Å². The molecule has 45 nitrogen and oxygen atoms in total. The molecule has 0 radical (unpaired) electrons. The Morgan fingerprint density at radius 3 is 0.602 bits per heavy atom. The molecule has 610 valence electrons. The van der Waals surface area contributed by atoms with Gasteiger partial charge in [0.1, 0.15) is 205 Å². The normalized spacial score (nSPS) is 47.4. The van der Waals surface area contributed by atoms with Gasteiger partial charge >= 0.3 is 29.6 Å². The Balaban J connectivity index is 0.0000124. The molecule has 30 aliphatic rings. The van der Waals surface area contributed by atoms with Gasteiger partial charge in [-0.25, -0.2) is 8.42 Å². The van der Waals surface area contributed by atoms with Gasteiger partial charge in [-0.1, -0.05) is 24.3 Å². The van der Waals surface area contributed by atoms with Gasteiger partial charge in [-0.2, -0.15) is 8.42 Å². The van der Waals surface area contributed by atoms with Crippen molar-refractivity contribution in [3.05, 3.63) is 48.5 Å². The number of benzene rings is 2. The minimum absolute atomic E-state index is 0. The Labute approximate surface area is 633 Å². The average molecular weight is 1620 g/mol. The largest absolute Gasteiger partial charge is 1.00 e. The van der Waals surface area contributed by atoms with E-state index in [-0.39, 0.29) is 29.6 Å². The van der Waals surface area contributed by atoms with Crippen molar-refractivity contribution < 1.29 is 248 Å². The molecule has 0 amide bonds. The number of aliphatic hydroxyl groups is 23. The Hall–Kier alpha value is -2.30. The molecule has 0 aromatic heterocycles. The molecule has 48 heteroatoms. The van der Waals surface area contributed by atoms with Crippen LogP contribution in [-0.4, -0.2) is 437 Å². The first kappa shape index (κ1) is 88.1. The molecule has 16 bridgehead atoms. The quantitative estimate of drug-likeness (QED) is 0.0503. The van der Waals surface area contributed by atoms with Crippen LogP contribution in [0.1, 0.15) is 0 Å². The summed E-state index contributed by atoms with van der Waals surface area (Å²) in [6.45, 7) is -9.32. The summed E-state index contributed by atoms with van der Waals surface area (Å²) in [5.41, 5.74) is 0.621. The first-order valence-corrected chi connectivity index (χ1v) is 36.2. The second kappa shape index (κ2) is 36.9. The standard InChI is InChI=1S/C60H88O45S2.Na/c61-9-21-45-29(68)37(76)53(90-21)99-46-22(10-62)92-55(39(78)31(46)70)101-48-24(12-64)94-57(41(80)33(48)72)103-50-26(14-66)96-59(43(82)35(50)74)105-52-28(16-89-107(87,88)20-7-3-18(4-8-20)17-1-5-19(6-2-17)106(84,85)86)97-60(44(83)36(52)75)104-51-27(15-67)95-58(42(81)34(51)73)102-49-25(13-65)93-56(40(79)32(49)71)100-47-23(11-63)91-54(98-45)38(77)30(47)69;/h1-8,21-83H,9-16H2,(H,84,85,86);/q;+1/p-1/t21-,22-,23-,24-,25-,26-,27-,28-,29-,30-,31-,32-,33-,34-,35-,36-,37-,38-,39-,40-,41-,42-,43-,44-,45-,46-,47-,48-,49-,50-,51-,52-,53-,54-,55-,56-,57-,58-,59-,60-;/m1./s1. The Morgan fingerprint density at radius 1 is 0.259 bits per heavy atom. The third kappa shape index (κ3) is 18.1. The Morgan fingerprint density at radius 2 is 0.426 bits per heavy atom. The van der Waals surface area contributed by atoms with Crippen LogP contribution in [-0.2, 0) is 100 Å². The van der Waals surface area contributed by atoms with Crippen LogP contribution in [0.2, 0.25) is 0 Å². The van der Waals surface area contributed by atoms with E-state index in [1.165, 1.54) is 24.3 Å². The van der Waals surface area contributed by atoms with Gasteiger partial charge in [-0.3, -0.25) is 4.18 Å². The Kier molecular flexibility index (Phi) is 30.1. The molecular formula is C60H87NaO45S2. The minimum atomic E-state index is -4.99. The fourth-order valence-corrected chi connectivity index (χ4v) is 15.1. The van der Waals surface area contributed by atoms with Crippen LogP contribution in [0.15, 0.2) is 58.3 Å². The number of hydrogen-bond donors (Lipinski definition) is 23. The summed E-state index contributed by atoms with van der Waals surface area (Å²) in [6, 6.07) is 9.15. The smallest absolute Gasteiger partial charge is 0.744 e. The van der Waals surface area contributed by atoms with Crippen LogP contribution in [0.3, 0.4) is 0 Å². The van der Waals surface area contributed by atoms with E-state index in [1.807, 2.05) is 0 Å². The van der Waals surface area contributed by atoms with Gasteiger partial charge in [0.2, 0.25) is 0 Å². The number of aliphatic hydroxyl groups excluding tert-OH is 23. The Bertz CT molecular complexity index is 3380. The molecule has 108 heavy (non-hydrogen) atoms. The van der Waals surface area contributed by atoms with Gasteiger partial charge in [0, 0.05) is 0 Å². The van der Waals surface area contributed by atoms with Crippen LogP contribution in [0.4, 0.5) is 0 Å². The van der Waals surface area contributed by atoms with Crippen LogP contribution in [0.25, 0.3) is 11.1 Å². The van der Waals surface area contributed by atoms with Gasteiger partial charge in [-0.15, -0.1) is 0 Å². The minimum Gasteiger partial charge on any atom is -0.744 e. The summed E-state index contributed by atoms with van der Waals surface area (Å²) < 4.78 is 160. The van der Waals surface area contributed by atoms with Gasteiger partial charge in [0.15, 0.2) is 50.3 Å². The average Bonchev–Trinajstić information content (AvgIpc) is 0.772. The van der Waals surface area contributed by atoms with Crippen molar-refractivity contribution in [3.63, 3.8) is 0 Å². The maximum Gasteiger partial charge on any atom is 1.00 e. The molecule has 30 saturated heterocycles. The fraction of sp³-hybridized carbons (Fsp3) is 0.800. The first-order valence-electron chi connectivity index (χ1n) is 33.4. The topological polar surface area (TPSA) is 714 Å². The van der Waals surface area contributed by atoms with E-state index in [9.17, 15) is 139 Å². The molecule has 0 saturated carbocycles. The van der Waals surface area contributed by atoms with Crippen LogP contribution in [0, 0.1) is 0 Å². The summed E-state index contributed by atoms with van der Waals surface area (Å²) in [5.74, 6) is 0. The zero-order chi connectivity index (χ0) is 77.7. The molecule has 2 aromatic rings. The summed E-state index contributed by atoms with van der Waals surface area (Å²) in [4.78, 5) is -1.12. The van der Waals surface area contributed by atoms with Gasteiger partial charge in [0.25, 0.3) is 10.1 Å². The van der Waals surface area contributed by atoms with E-state index in [0.717, 1.165) is 24.3 Å². The third-order valence-electron chi connectivity index (χ3n) is 19.7. The van der Waals surface area contributed by atoms with Gasteiger partial charge < -0.3 is 198 Å². The number of ether oxygens (including phenoxy) is 16. The molecule has 30 heterocycles. The predicted molar refractivity (Wildman–Crippen MR) is 327 cm³/mol. The maximum absolute atomic E-state index is 14.0. The second-order valence-corrected chi connectivity index (χ2v) is 29.5. The maximum atomic E-state index is 14.0. The third-order valence-corrected chi connectivity index (χ3v) is 21.9. The number of rotatable bonds is 13. The zero-order valence-electron chi connectivity index (χ0n) is 56.5. The van der Waals surface area contributed by atoms with E-state index >= 15 is 0 Å². The van der Waals surface area contributed by atoms with E-state index < -0.39 is 329 Å². The van der Waals surface area contributed by atoms with E-state index in [0.29, 0.717) is 11.1 Å². The van der Waals surface area contributed by atoms with Crippen LogP contribution >= 0.6 is 0 Å². The summed E-state index contributed by atoms with van der Waals surface area (Å²) in [6.07, 6.45) is -86.4. The second-order valence-electron chi connectivity index (χ2n) is 26.5. The van der Waals surface area contributed by atoms with Gasteiger partial charge in [0.05, 0.1) is 62.6 Å². The van der Waals surface area contributed by atoms with Crippen molar-refractivity contribution in [2.75, 3.05) is 52.9 Å². The van der Waals surface area contributed by atoms with E-state index in [1.54, 1.807) is 0 Å². The molecule has 40 atom stereocenters. The van der Waals surface area contributed by atoms with E-state index in [2.05, 4.69) is 0 Å².